The van der Waals surface area contributed by atoms with Gasteiger partial charge in [0.15, 0.2) is 0 Å². The summed E-state index contributed by atoms with van der Waals surface area (Å²) >= 11 is 0. The first-order valence-corrected chi connectivity index (χ1v) is 7.68. The highest BCUT2D eigenvalue weighted by molar-refractivity contribution is 5.69. The molecule has 0 unspecified atom stereocenters. The molecule has 1 atom stereocenters. The smallest absolute Gasteiger partial charge is 0.410 e. The number of hydrogen-bond donors (Lipinski definition) is 0. The van der Waals surface area contributed by atoms with Crippen LogP contribution in [0.4, 0.5) is 4.79 Å². The highest BCUT2D eigenvalue weighted by Crippen LogP contribution is 2.33. The summed E-state index contributed by atoms with van der Waals surface area (Å²) in [4.78, 5) is 22.4. The van der Waals surface area contributed by atoms with Crippen LogP contribution in [0.2, 0.25) is 0 Å². The van der Waals surface area contributed by atoms with Gasteiger partial charge < -0.3 is 9.26 Å². The molecule has 1 fully saturated rings. The molecule has 2 aromatic rings. The van der Waals surface area contributed by atoms with E-state index in [0.717, 1.165) is 18.4 Å². The molecule has 0 radical (unpaired) electrons. The van der Waals surface area contributed by atoms with Gasteiger partial charge in [-0.25, -0.2) is 4.79 Å². The lowest BCUT2D eigenvalue weighted by Gasteiger charge is -2.26. The lowest BCUT2D eigenvalue weighted by atomic mass is 10.2. The summed E-state index contributed by atoms with van der Waals surface area (Å²) in [5.74, 6) is 0.943. The minimum absolute atomic E-state index is 0.229. The molecular formula is C16H20N4O3. The summed E-state index contributed by atoms with van der Waals surface area (Å²) in [5.41, 5.74) is 0.304. The molecule has 0 saturated carbocycles. The van der Waals surface area contributed by atoms with Crippen LogP contribution in [0.1, 0.15) is 45.5 Å². The Hall–Kier alpha value is -2.44. The van der Waals surface area contributed by atoms with Crippen LogP contribution < -0.4 is 0 Å². The average molecular weight is 316 g/mol. The molecule has 122 valence electrons. The monoisotopic (exact) mass is 316 g/mol. The molecule has 0 aliphatic carbocycles. The molecule has 2 aromatic heterocycles. The van der Waals surface area contributed by atoms with E-state index in [1.54, 1.807) is 17.3 Å². The number of aromatic nitrogens is 3. The zero-order chi connectivity index (χ0) is 16.4. The van der Waals surface area contributed by atoms with E-state index in [2.05, 4.69) is 15.1 Å². The van der Waals surface area contributed by atoms with E-state index < -0.39 is 5.60 Å². The van der Waals surface area contributed by atoms with Crippen molar-refractivity contribution in [3.63, 3.8) is 0 Å². The van der Waals surface area contributed by atoms with E-state index in [9.17, 15) is 4.79 Å². The third kappa shape index (κ3) is 3.49. The molecule has 23 heavy (non-hydrogen) atoms. The summed E-state index contributed by atoms with van der Waals surface area (Å²) in [6.45, 7) is 6.19. The van der Waals surface area contributed by atoms with Crippen molar-refractivity contribution >= 4 is 6.09 Å². The number of amides is 1. The van der Waals surface area contributed by atoms with Crippen LogP contribution in [-0.4, -0.2) is 38.3 Å². The molecule has 7 nitrogen and oxygen atoms in total. The Kier molecular flexibility index (Phi) is 4.02. The van der Waals surface area contributed by atoms with Gasteiger partial charge in [0.1, 0.15) is 11.6 Å². The van der Waals surface area contributed by atoms with Gasteiger partial charge in [-0.05, 0) is 45.7 Å². The Morgan fingerprint density at radius 2 is 2.09 bits per heavy atom. The topological polar surface area (TPSA) is 81.4 Å². The first kappa shape index (κ1) is 15.5. The second-order valence-corrected chi connectivity index (χ2v) is 6.52. The number of hydrogen-bond acceptors (Lipinski definition) is 6. The molecule has 0 bridgehead atoms. The van der Waals surface area contributed by atoms with Crippen LogP contribution >= 0.6 is 0 Å². The maximum atomic E-state index is 12.3. The Morgan fingerprint density at radius 3 is 2.78 bits per heavy atom. The summed E-state index contributed by atoms with van der Waals surface area (Å²) in [5, 5.41) is 4.01. The van der Waals surface area contributed by atoms with Crippen LogP contribution in [0.5, 0.6) is 0 Å². The Morgan fingerprint density at radius 1 is 1.35 bits per heavy atom. The van der Waals surface area contributed by atoms with Crippen molar-refractivity contribution in [1.29, 1.82) is 0 Å². The van der Waals surface area contributed by atoms with Gasteiger partial charge in [-0.15, -0.1) is 0 Å². The van der Waals surface area contributed by atoms with Crippen molar-refractivity contribution in [2.75, 3.05) is 6.54 Å². The van der Waals surface area contributed by atoms with Gasteiger partial charge in [-0.3, -0.25) is 9.88 Å². The highest BCUT2D eigenvalue weighted by Gasteiger charge is 2.36. The van der Waals surface area contributed by atoms with Crippen LogP contribution in [-0.2, 0) is 4.74 Å². The standard InChI is InChI=1S/C16H20N4O3/c1-16(2,3)22-15(21)20-10-4-5-12(20)14-18-13(19-23-14)11-6-8-17-9-7-11/h6-9,12H,4-5,10H2,1-3H3/t12-/m1/s1. The molecular weight excluding hydrogens is 296 g/mol. The zero-order valence-electron chi connectivity index (χ0n) is 13.5. The van der Waals surface area contributed by atoms with Crippen molar-refractivity contribution in [3.05, 3.63) is 30.4 Å². The first-order chi connectivity index (χ1) is 10.9. The van der Waals surface area contributed by atoms with Gasteiger partial charge in [0.25, 0.3) is 0 Å². The second kappa shape index (κ2) is 5.98. The number of nitrogens with zero attached hydrogens (tertiary/aromatic N) is 4. The lowest BCUT2D eigenvalue weighted by molar-refractivity contribution is 0.0199. The minimum Gasteiger partial charge on any atom is -0.444 e. The maximum Gasteiger partial charge on any atom is 0.410 e. The third-order valence-electron chi connectivity index (χ3n) is 3.55. The quantitative estimate of drug-likeness (QED) is 0.846. The van der Waals surface area contributed by atoms with Crippen molar-refractivity contribution in [2.45, 2.75) is 45.3 Å². The van der Waals surface area contributed by atoms with Crippen molar-refractivity contribution in [1.82, 2.24) is 20.0 Å². The van der Waals surface area contributed by atoms with Crippen LogP contribution in [0.3, 0.4) is 0 Å². The first-order valence-electron chi connectivity index (χ1n) is 7.68. The SMILES string of the molecule is CC(C)(C)OC(=O)N1CCC[C@@H]1c1nc(-c2ccncc2)no1. The molecule has 0 N–H and O–H groups in total. The molecule has 1 aliphatic rings. The predicted molar refractivity (Wildman–Crippen MR) is 82.4 cm³/mol. The van der Waals surface area contributed by atoms with E-state index in [1.165, 1.54) is 0 Å². The molecule has 3 rings (SSSR count). The fourth-order valence-electron chi connectivity index (χ4n) is 2.55. The lowest BCUT2D eigenvalue weighted by Crippen LogP contribution is -2.36. The fourth-order valence-corrected chi connectivity index (χ4v) is 2.55. The minimum atomic E-state index is -0.527. The van der Waals surface area contributed by atoms with Gasteiger partial charge in [-0.1, -0.05) is 5.16 Å². The largest absolute Gasteiger partial charge is 0.444 e. The van der Waals surface area contributed by atoms with Crippen LogP contribution in [0.15, 0.2) is 29.0 Å². The van der Waals surface area contributed by atoms with E-state index in [0.29, 0.717) is 18.3 Å². The average Bonchev–Trinajstić information content (AvgIpc) is 3.15. The number of carbonyl (C=O) groups is 1. The number of carbonyl (C=O) groups excluding carboxylic acids is 1. The van der Waals surface area contributed by atoms with E-state index >= 15 is 0 Å². The predicted octanol–water partition coefficient (Wildman–Crippen LogP) is 3.20. The normalized spacial score (nSPS) is 18.2. The van der Waals surface area contributed by atoms with E-state index in [1.807, 2.05) is 32.9 Å². The second-order valence-electron chi connectivity index (χ2n) is 6.52. The summed E-state index contributed by atoms with van der Waals surface area (Å²) in [6, 6.07) is 3.40. The molecule has 0 spiro atoms. The van der Waals surface area contributed by atoms with E-state index in [4.69, 9.17) is 9.26 Å². The molecule has 7 heteroatoms. The van der Waals surface area contributed by atoms with Gasteiger partial charge in [0.05, 0.1) is 0 Å². The number of ether oxygens (including phenoxy) is 1. The highest BCUT2D eigenvalue weighted by atomic mass is 16.6. The van der Waals surface area contributed by atoms with Crippen LogP contribution in [0, 0.1) is 0 Å². The summed E-state index contributed by atoms with van der Waals surface area (Å²) in [6.07, 6.45) is 4.68. The van der Waals surface area contributed by atoms with Crippen molar-refractivity contribution in [3.8, 4) is 11.4 Å². The molecule has 1 aliphatic heterocycles. The molecule has 3 heterocycles. The zero-order valence-corrected chi connectivity index (χ0v) is 13.5. The van der Waals surface area contributed by atoms with Gasteiger partial charge in [0, 0.05) is 24.5 Å². The van der Waals surface area contributed by atoms with Gasteiger partial charge >= 0.3 is 6.09 Å². The molecule has 1 amide bonds. The molecule has 0 aromatic carbocycles. The number of pyridine rings is 1. The Balaban J connectivity index is 1.78. The number of likely N-dealkylation sites (tertiary alicyclic amines) is 1. The van der Waals surface area contributed by atoms with Crippen molar-refractivity contribution < 1.29 is 14.1 Å². The van der Waals surface area contributed by atoms with E-state index in [-0.39, 0.29) is 12.1 Å². The third-order valence-corrected chi connectivity index (χ3v) is 3.55. The number of rotatable bonds is 2. The Labute approximate surface area is 134 Å². The fraction of sp³-hybridized carbons (Fsp3) is 0.500. The summed E-state index contributed by atoms with van der Waals surface area (Å²) < 4.78 is 10.8. The van der Waals surface area contributed by atoms with Gasteiger partial charge in [-0.2, -0.15) is 4.98 Å². The van der Waals surface area contributed by atoms with Gasteiger partial charge in [0.2, 0.25) is 11.7 Å². The summed E-state index contributed by atoms with van der Waals surface area (Å²) in [7, 11) is 0. The maximum absolute atomic E-state index is 12.3. The van der Waals surface area contributed by atoms with Crippen molar-refractivity contribution in [2.24, 2.45) is 0 Å². The Bertz CT molecular complexity index is 678. The van der Waals surface area contributed by atoms with Crippen LogP contribution in [0.25, 0.3) is 11.4 Å². The molecule has 1 saturated heterocycles.